The number of aromatic nitrogens is 2. The monoisotopic (exact) mass is 269 g/mol. The highest BCUT2D eigenvalue weighted by Crippen LogP contribution is 2.42. The van der Waals surface area contributed by atoms with E-state index in [1.807, 2.05) is 0 Å². The van der Waals surface area contributed by atoms with Crippen LogP contribution in [-0.2, 0) is 0 Å². The molecule has 0 aromatic carbocycles. The predicted molar refractivity (Wildman–Crippen MR) is 66.4 cm³/mol. The third kappa shape index (κ3) is 2.42. The second-order valence-electron chi connectivity index (χ2n) is 3.86. The largest absolute Gasteiger partial charge is 0.395 e. The van der Waals surface area contributed by atoms with Crippen molar-refractivity contribution in [2.24, 2.45) is 5.11 Å². The minimum atomic E-state index is -0.545. The molecule has 3 atom stereocenters. The Morgan fingerprint density at radius 2 is 2.44 bits per heavy atom. The Labute approximate surface area is 105 Å². The van der Waals surface area contributed by atoms with Gasteiger partial charge >= 0.3 is 5.69 Å². The minimum absolute atomic E-state index is 0.0449. The summed E-state index contributed by atoms with van der Waals surface area (Å²) in [6.45, 7) is -0.0449. The van der Waals surface area contributed by atoms with Gasteiger partial charge in [-0.3, -0.25) is 14.3 Å². The van der Waals surface area contributed by atoms with Gasteiger partial charge in [0, 0.05) is 22.4 Å². The molecule has 0 amide bonds. The van der Waals surface area contributed by atoms with Crippen molar-refractivity contribution in [1.29, 1.82) is 0 Å². The van der Waals surface area contributed by atoms with Crippen LogP contribution in [0.2, 0.25) is 0 Å². The van der Waals surface area contributed by atoms with E-state index in [0.717, 1.165) is 0 Å². The van der Waals surface area contributed by atoms with Gasteiger partial charge in [0.05, 0.1) is 18.0 Å². The number of azide groups is 1. The van der Waals surface area contributed by atoms with Crippen LogP contribution >= 0.6 is 11.8 Å². The number of thioether (sulfide) groups is 1. The lowest BCUT2D eigenvalue weighted by Crippen LogP contribution is -2.32. The average molecular weight is 269 g/mol. The highest BCUT2D eigenvalue weighted by atomic mass is 32.2. The van der Waals surface area contributed by atoms with E-state index in [-0.39, 0.29) is 11.9 Å². The number of hydrogen-bond donors (Lipinski definition) is 2. The van der Waals surface area contributed by atoms with E-state index < -0.39 is 22.7 Å². The summed E-state index contributed by atoms with van der Waals surface area (Å²) < 4.78 is 1.32. The van der Waals surface area contributed by atoms with Crippen LogP contribution < -0.4 is 11.2 Å². The van der Waals surface area contributed by atoms with Crippen LogP contribution in [0.5, 0.6) is 0 Å². The highest BCUT2D eigenvalue weighted by Gasteiger charge is 2.35. The Morgan fingerprint density at radius 3 is 3.06 bits per heavy atom. The second-order valence-corrected chi connectivity index (χ2v) is 5.28. The highest BCUT2D eigenvalue weighted by molar-refractivity contribution is 8.00. The van der Waals surface area contributed by atoms with Gasteiger partial charge < -0.3 is 5.11 Å². The molecule has 1 aliphatic heterocycles. The van der Waals surface area contributed by atoms with Crippen LogP contribution in [0.25, 0.3) is 10.4 Å². The third-order valence-corrected chi connectivity index (χ3v) is 4.24. The lowest BCUT2D eigenvalue weighted by atomic mass is 10.2. The van der Waals surface area contributed by atoms with Gasteiger partial charge in [-0.1, -0.05) is 5.11 Å². The fourth-order valence-corrected chi connectivity index (χ4v) is 3.33. The normalized spacial score (nSPS) is 26.8. The van der Waals surface area contributed by atoms with Crippen molar-refractivity contribution >= 4 is 11.8 Å². The van der Waals surface area contributed by atoms with E-state index in [9.17, 15) is 9.59 Å². The van der Waals surface area contributed by atoms with Gasteiger partial charge in [-0.2, -0.15) is 0 Å². The molecule has 1 fully saturated rings. The zero-order valence-electron chi connectivity index (χ0n) is 9.26. The number of H-pyrrole nitrogens is 1. The lowest BCUT2D eigenvalue weighted by Gasteiger charge is -2.16. The molecule has 0 saturated carbocycles. The summed E-state index contributed by atoms with van der Waals surface area (Å²) in [5, 5.41) is 12.3. The van der Waals surface area contributed by atoms with Gasteiger partial charge in [0.15, 0.2) is 0 Å². The zero-order chi connectivity index (χ0) is 13.1. The average Bonchev–Trinajstić information content (AvgIpc) is 2.73. The smallest absolute Gasteiger partial charge is 0.329 e. The molecule has 0 spiro atoms. The molecule has 96 valence electrons. The van der Waals surface area contributed by atoms with Gasteiger partial charge in [-0.15, -0.1) is 11.8 Å². The molecule has 1 aromatic rings. The number of aromatic amines is 1. The van der Waals surface area contributed by atoms with E-state index in [2.05, 4.69) is 15.0 Å². The number of hydrogen-bond acceptors (Lipinski definition) is 5. The summed E-state index contributed by atoms with van der Waals surface area (Å²) in [5.74, 6) is 0. The summed E-state index contributed by atoms with van der Waals surface area (Å²) in [5.41, 5.74) is 7.49. The fourth-order valence-electron chi connectivity index (χ4n) is 1.90. The molecule has 2 heterocycles. The van der Waals surface area contributed by atoms with Gasteiger partial charge in [0.25, 0.3) is 5.56 Å². The van der Waals surface area contributed by atoms with Crippen molar-refractivity contribution in [3.05, 3.63) is 43.5 Å². The van der Waals surface area contributed by atoms with E-state index >= 15 is 0 Å². The summed E-state index contributed by atoms with van der Waals surface area (Å²) in [6, 6.07) is 0.822. The van der Waals surface area contributed by atoms with Crippen molar-refractivity contribution < 1.29 is 5.11 Å². The molecule has 8 nitrogen and oxygen atoms in total. The summed E-state index contributed by atoms with van der Waals surface area (Å²) in [6.07, 6.45) is 1.87. The molecule has 2 rings (SSSR count). The number of aliphatic hydroxyl groups is 1. The first kappa shape index (κ1) is 12.7. The first-order valence-electron chi connectivity index (χ1n) is 5.27. The molecular formula is C9H11N5O3S. The topological polar surface area (TPSA) is 124 Å². The molecule has 9 heteroatoms. The van der Waals surface area contributed by atoms with Crippen LogP contribution in [-0.4, -0.2) is 32.6 Å². The molecule has 0 aliphatic carbocycles. The van der Waals surface area contributed by atoms with Gasteiger partial charge in [-0.25, -0.2) is 4.79 Å². The standard InChI is InChI=1S/C9H11N5O3S/c10-13-12-6-3-5(4-15)18-8(6)14-2-1-7(16)11-9(14)17/h1-2,5-6,8,15H,3-4H2,(H,11,16,17)/t5-,6+,8?/m1/s1. The molecule has 0 bridgehead atoms. The van der Waals surface area contributed by atoms with E-state index in [1.165, 1.54) is 28.6 Å². The van der Waals surface area contributed by atoms with Crippen LogP contribution in [0.15, 0.2) is 27.0 Å². The Hall–Kier alpha value is -1.70. The summed E-state index contributed by atoms with van der Waals surface area (Å²) in [4.78, 5) is 27.6. The van der Waals surface area contributed by atoms with Crippen molar-refractivity contribution in [2.75, 3.05) is 6.61 Å². The van der Waals surface area contributed by atoms with Crippen molar-refractivity contribution in [3.8, 4) is 0 Å². The maximum atomic E-state index is 11.7. The third-order valence-electron chi connectivity index (χ3n) is 2.69. The van der Waals surface area contributed by atoms with Crippen molar-refractivity contribution in [2.45, 2.75) is 23.1 Å². The van der Waals surface area contributed by atoms with Crippen LogP contribution in [0.4, 0.5) is 0 Å². The Bertz CT molecular complexity index is 590. The number of nitrogens with one attached hydrogen (secondary N) is 1. The van der Waals surface area contributed by atoms with Gasteiger partial charge in [0.1, 0.15) is 0 Å². The van der Waals surface area contributed by atoms with Crippen molar-refractivity contribution in [1.82, 2.24) is 9.55 Å². The summed E-state index contributed by atoms with van der Waals surface area (Å²) >= 11 is 1.36. The SMILES string of the molecule is [N-]=[N+]=N[C@H]1C[C@H](CO)SC1n1ccc(=O)[nH]c1=O. The first-order valence-corrected chi connectivity index (χ1v) is 6.22. The Balaban J connectivity index is 2.38. The molecule has 1 saturated heterocycles. The quantitative estimate of drug-likeness (QED) is 0.462. The molecule has 0 radical (unpaired) electrons. The minimum Gasteiger partial charge on any atom is -0.395 e. The number of nitrogens with zero attached hydrogens (tertiary/aromatic N) is 4. The number of aliphatic hydroxyl groups excluding tert-OH is 1. The zero-order valence-corrected chi connectivity index (χ0v) is 10.1. The maximum absolute atomic E-state index is 11.7. The Morgan fingerprint density at radius 1 is 1.67 bits per heavy atom. The van der Waals surface area contributed by atoms with Crippen LogP contribution in [0.1, 0.15) is 11.8 Å². The van der Waals surface area contributed by atoms with Gasteiger partial charge in [-0.05, 0) is 12.0 Å². The summed E-state index contributed by atoms with van der Waals surface area (Å²) in [7, 11) is 0. The van der Waals surface area contributed by atoms with Gasteiger partial charge in [0.2, 0.25) is 0 Å². The van der Waals surface area contributed by atoms with Crippen LogP contribution in [0.3, 0.4) is 0 Å². The molecule has 1 unspecified atom stereocenters. The molecule has 1 aliphatic rings. The number of rotatable bonds is 3. The van der Waals surface area contributed by atoms with Crippen LogP contribution in [0, 0.1) is 0 Å². The molecule has 2 N–H and O–H groups in total. The predicted octanol–water partition coefficient (Wildman–Crippen LogP) is 0.212. The molecule has 1 aromatic heterocycles. The molecular weight excluding hydrogens is 258 g/mol. The lowest BCUT2D eigenvalue weighted by molar-refractivity contribution is 0.289. The van der Waals surface area contributed by atoms with Crippen molar-refractivity contribution in [3.63, 3.8) is 0 Å². The van der Waals surface area contributed by atoms with E-state index in [1.54, 1.807) is 0 Å². The molecule has 18 heavy (non-hydrogen) atoms. The maximum Gasteiger partial charge on any atom is 0.329 e. The second kappa shape index (κ2) is 5.30. The van der Waals surface area contributed by atoms with E-state index in [4.69, 9.17) is 10.6 Å². The van der Waals surface area contributed by atoms with E-state index in [0.29, 0.717) is 6.42 Å². The Kier molecular flexibility index (Phi) is 3.75. The fraction of sp³-hybridized carbons (Fsp3) is 0.556. The first-order chi connectivity index (χ1) is 8.65.